The summed E-state index contributed by atoms with van der Waals surface area (Å²) in [6.45, 7) is 0. The summed E-state index contributed by atoms with van der Waals surface area (Å²) >= 11 is 1.80. The molecule has 0 N–H and O–H groups in total. The Labute approximate surface area is 366 Å². The molecule has 5 nitrogen and oxygen atoms in total. The van der Waals surface area contributed by atoms with E-state index >= 15 is 0 Å². The third-order valence-corrected chi connectivity index (χ3v) is 13.5. The molecule has 9 aromatic carbocycles. The van der Waals surface area contributed by atoms with E-state index in [0.29, 0.717) is 17.5 Å². The van der Waals surface area contributed by atoms with Crippen LogP contribution in [0, 0.1) is 0 Å². The molecule has 6 heteroatoms. The highest BCUT2D eigenvalue weighted by Crippen LogP contribution is 2.43. The van der Waals surface area contributed by atoms with Crippen LogP contribution in [0.1, 0.15) is 0 Å². The summed E-state index contributed by atoms with van der Waals surface area (Å²) in [4.78, 5) is 15.5. The molecule has 0 saturated heterocycles. The summed E-state index contributed by atoms with van der Waals surface area (Å²) in [6.07, 6.45) is 0. The van der Waals surface area contributed by atoms with Gasteiger partial charge in [0.25, 0.3) is 0 Å². The Bertz CT molecular complexity index is 3900. The summed E-state index contributed by atoms with van der Waals surface area (Å²) in [5.41, 5.74) is 11.9. The lowest BCUT2D eigenvalue weighted by atomic mass is 10.1. The zero-order valence-electron chi connectivity index (χ0n) is 33.9. The van der Waals surface area contributed by atoms with Crippen molar-refractivity contribution < 1.29 is 0 Å². The smallest absolute Gasteiger partial charge is 0.164 e. The topological polar surface area (TPSA) is 48.5 Å². The molecule has 0 radical (unpaired) electrons. The van der Waals surface area contributed by atoms with Crippen LogP contribution in [0.25, 0.3) is 120 Å². The summed E-state index contributed by atoms with van der Waals surface area (Å²) < 4.78 is 7.35. The average Bonchev–Trinajstić information content (AvgIpc) is 4.02. The van der Waals surface area contributed by atoms with Gasteiger partial charge in [0.15, 0.2) is 17.5 Å². The first-order valence-corrected chi connectivity index (χ1v) is 22.0. The van der Waals surface area contributed by atoms with Crippen LogP contribution >= 0.6 is 11.3 Å². The maximum atomic E-state index is 5.24. The number of thiophene rings is 1. The van der Waals surface area contributed by atoms with Crippen molar-refractivity contribution in [2.24, 2.45) is 0 Å². The average molecular weight is 822 g/mol. The zero-order chi connectivity index (χ0) is 41.4. The van der Waals surface area contributed by atoms with Crippen LogP contribution in [-0.4, -0.2) is 24.1 Å². The minimum atomic E-state index is 0.621. The monoisotopic (exact) mass is 821 g/mol. The van der Waals surface area contributed by atoms with Crippen LogP contribution in [0.4, 0.5) is 0 Å². The predicted octanol–water partition coefficient (Wildman–Crippen LogP) is 15.1. The summed E-state index contributed by atoms with van der Waals surface area (Å²) in [5.74, 6) is 1.90. The second kappa shape index (κ2) is 14.2. The minimum Gasteiger partial charge on any atom is -0.307 e. The van der Waals surface area contributed by atoms with Crippen molar-refractivity contribution in [1.82, 2.24) is 24.1 Å². The Morgan fingerprint density at radius 1 is 0.286 bits per heavy atom. The van der Waals surface area contributed by atoms with Gasteiger partial charge >= 0.3 is 0 Å². The number of para-hydroxylation sites is 2. The Morgan fingerprint density at radius 2 is 0.746 bits per heavy atom. The van der Waals surface area contributed by atoms with Crippen molar-refractivity contribution in [2.45, 2.75) is 0 Å². The van der Waals surface area contributed by atoms with Gasteiger partial charge in [0.1, 0.15) is 0 Å². The highest BCUT2D eigenvalue weighted by molar-refractivity contribution is 7.25. The standard InChI is InChI=1S/C57H35N5S/c1-3-14-36(15-4-1)37-26-29-41(30-27-37)61-49-23-10-7-20-43(49)47-32-33-48-44-21-8-11-24-50(44)62(54(48)53(47)61)42-19-13-18-39(34-42)56-58-55(38-16-5-2-6-17-38)59-57(60-56)40-28-31-46-45-22-9-12-25-51(45)63-52(46)35-40/h1-35H. The second-order valence-corrected chi connectivity index (χ2v) is 17.1. The van der Waals surface area contributed by atoms with Crippen molar-refractivity contribution in [3.63, 3.8) is 0 Å². The van der Waals surface area contributed by atoms with Crippen LogP contribution in [0.2, 0.25) is 0 Å². The van der Waals surface area contributed by atoms with Crippen molar-refractivity contribution in [3.05, 3.63) is 212 Å². The predicted molar refractivity (Wildman–Crippen MR) is 263 cm³/mol. The first kappa shape index (κ1) is 35.6. The van der Waals surface area contributed by atoms with E-state index in [1.165, 1.54) is 52.8 Å². The lowest BCUT2D eigenvalue weighted by molar-refractivity contribution is 1.07. The van der Waals surface area contributed by atoms with Gasteiger partial charge in [-0.05, 0) is 59.7 Å². The molecule has 0 unspecified atom stereocenters. The zero-order valence-corrected chi connectivity index (χ0v) is 34.7. The molecule has 0 fully saturated rings. The van der Waals surface area contributed by atoms with Gasteiger partial charge in [-0.15, -0.1) is 11.3 Å². The molecule has 63 heavy (non-hydrogen) atoms. The molecule has 0 amide bonds. The normalized spacial score (nSPS) is 11.8. The lowest BCUT2D eigenvalue weighted by Gasteiger charge is -2.14. The highest BCUT2D eigenvalue weighted by atomic mass is 32.1. The van der Waals surface area contributed by atoms with Gasteiger partial charge in [0.05, 0.1) is 22.1 Å². The van der Waals surface area contributed by atoms with Crippen LogP contribution in [0.5, 0.6) is 0 Å². The van der Waals surface area contributed by atoms with E-state index in [-0.39, 0.29) is 0 Å². The number of aromatic nitrogens is 5. The third kappa shape index (κ3) is 5.73. The molecule has 0 atom stereocenters. The van der Waals surface area contributed by atoms with Crippen LogP contribution in [-0.2, 0) is 0 Å². The second-order valence-electron chi connectivity index (χ2n) is 16.0. The molecule has 0 bridgehead atoms. The van der Waals surface area contributed by atoms with Gasteiger partial charge in [0, 0.05) is 69.8 Å². The maximum Gasteiger partial charge on any atom is 0.164 e. The van der Waals surface area contributed by atoms with E-state index in [0.717, 1.165) is 50.1 Å². The van der Waals surface area contributed by atoms with E-state index in [1.807, 2.05) is 18.2 Å². The fourth-order valence-electron chi connectivity index (χ4n) is 9.47. The molecule has 0 spiro atoms. The Kier molecular flexibility index (Phi) is 8.01. The molecular weight excluding hydrogens is 787 g/mol. The van der Waals surface area contributed by atoms with E-state index in [4.69, 9.17) is 15.0 Å². The number of fused-ring (bicyclic) bond motifs is 10. The molecule has 0 saturated carbocycles. The molecule has 0 aliphatic rings. The van der Waals surface area contributed by atoms with Gasteiger partial charge in [-0.3, -0.25) is 0 Å². The summed E-state index contributed by atoms with van der Waals surface area (Å²) in [7, 11) is 0. The van der Waals surface area contributed by atoms with E-state index in [9.17, 15) is 0 Å². The first-order chi connectivity index (χ1) is 31.2. The fraction of sp³-hybridized carbons (Fsp3) is 0. The highest BCUT2D eigenvalue weighted by Gasteiger charge is 2.22. The van der Waals surface area contributed by atoms with Crippen LogP contribution in [0.3, 0.4) is 0 Å². The molecule has 4 aromatic heterocycles. The largest absolute Gasteiger partial charge is 0.307 e. The minimum absolute atomic E-state index is 0.621. The first-order valence-electron chi connectivity index (χ1n) is 21.2. The molecule has 4 heterocycles. The Hall–Kier alpha value is -8.19. The molecule has 13 rings (SSSR count). The molecule has 13 aromatic rings. The van der Waals surface area contributed by atoms with Gasteiger partial charge in [-0.25, -0.2) is 15.0 Å². The third-order valence-electron chi connectivity index (χ3n) is 12.4. The lowest BCUT2D eigenvalue weighted by Crippen LogP contribution is -2.01. The van der Waals surface area contributed by atoms with E-state index < -0.39 is 0 Å². The van der Waals surface area contributed by atoms with E-state index in [2.05, 4.69) is 203 Å². The summed E-state index contributed by atoms with van der Waals surface area (Å²) in [6, 6.07) is 75.7. The van der Waals surface area contributed by atoms with Crippen molar-refractivity contribution in [2.75, 3.05) is 0 Å². The van der Waals surface area contributed by atoms with Crippen LogP contribution < -0.4 is 0 Å². The Balaban J connectivity index is 1.03. The van der Waals surface area contributed by atoms with Crippen molar-refractivity contribution >= 4 is 75.1 Å². The number of rotatable bonds is 6. The van der Waals surface area contributed by atoms with Gasteiger partial charge < -0.3 is 9.13 Å². The maximum absolute atomic E-state index is 5.24. The number of hydrogen-bond acceptors (Lipinski definition) is 4. The quantitative estimate of drug-likeness (QED) is 0.168. The number of benzene rings is 9. The Morgan fingerprint density at radius 3 is 1.41 bits per heavy atom. The van der Waals surface area contributed by atoms with Gasteiger partial charge in [0.2, 0.25) is 0 Å². The van der Waals surface area contributed by atoms with Crippen molar-refractivity contribution in [1.29, 1.82) is 0 Å². The SMILES string of the molecule is c1ccc(-c2ccc(-n3c4ccccc4c4ccc5c6ccccc6n(-c6cccc(-c7nc(-c8ccccc8)nc(-c8ccc9c(c8)sc8ccccc89)n7)c6)c5c43)cc2)cc1. The molecule has 0 aliphatic carbocycles. The molecule has 0 aliphatic heterocycles. The van der Waals surface area contributed by atoms with Gasteiger partial charge in [-0.2, -0.15) is 0 Å². The molecule has 294 valence electrons. The summed E-state index contributed by atoms with van der Waals surface area (Å²) in [5, 5.41) is 7.32. The van der Waals surface area contributed by atoms with Crippen molar-refractivity contribution in [3.8, 4) is 56.7 Å². The van der Waals surface area contributed by atoms with E-state index in [1.54, 1.807) is 11.3 Å². The number of hydrogen-bond donors (Lipinski definition) is 0. The van der Waals surface area contributed by atoms with Gasteiger partial charge in [-0.1, -0.05) is 164 Å². The number of nitrogens with zero attached hydrogens (tertiary/aromatic N) is 5. The molecular formula is C57H35N5S. The van der Waals surface area contributed by atoms with Crippen LogP contribution in [0.15, 0.2) is 212 Å². The fourth-order valence-corrected chi connectivity index (χ4v) is 10.6.